The zero-order chi connectivity index (χ0) is 15.6. The number of aryl methyl sites for hydroxylation is 2. The number of ether oxygens (including phenoxy) is 1. The van der Waals surface area contributed by atoms with Crippen LogP contribution in [0.1, 0.15) is 31.8 Å². The molecule has 0 aliphatic carbocycles. The molecule has 2 aromatic carbocycles. The van der Waals surface area contributed by atoms with E-state index in [1.165, 1.54) is 24.3 Å². The fourth-order valence-electron chi connectivity index (χ4n) is 1.99. The van der Waals surface area contributed by atoms with Gasteiger partial charge in [-0.25, -0.2) is 0 Å². The molecule has 0 saturated carbocycles. The second-order valence-corrected chi connectivity index (χ2v) is 4.63. The smallest absolute Gasteiger partial charge is 0.127 e. The third-order valence-corrected chi connectivity index (χ3v) is 3.07. The Balaban J connectivity index is 2.26. The fourth-order valence-corrected chi connectivity index (χ4v) is 1.99. The summed E-state index contributed by atoms with van der Waals surface area (Å²) in [5.41, 5.74) is 1.25. The maximum absolute atomic E-state index is 10.8. The van der Waals surface area contributed by atoms with Gasteiger partial charge in [0, 0.05) is 11.1 Å². The third kappa shape index (κ3) is 3.20. The number of aromatic carboxylic acids is 2. The Morgan fingerprint density at radius 3 is 1.48 bits per heavy atom. The second kappa shape index (κ2) is 5.66. The average Bonchev–Trinajstić information content (AvgIpc) is 2.37. The number of carbonyl (C=O) groups is 2. The van der Waals surface area contributed by atoms with Crippen molar-refractivity contribution >= 4 is 11.9 Å². The quantitative estimate of drug-likeness (QED) is 0.829. The van der Waals surface area contributed by atoms with E-state index in [2.05, 4.69) is 0 Å². The Morgan fingerprint density at radius 1 is 0.810 bits per heavy atom. The molecule has 2 rings (SSSR count). The minimum atomic E-state index is -1.24. The summed E-state index contributed by atoms with van der Waals surface area (Å²) in [5, 5.41) is 21.6. The van der Waals surface area contributed by atoms with E-state index in [4.69, 9.17) is 4.74 Å². The van der Waals surface area contributed by atoms with E-state index in [0.717, 1.165) is 0 Å². The Morgan fingerprint density at radius 2 is 1.19 bits per heavy atom. The predicted molar refractivity (Wildman–Crippen MR) is 71.1 cm³/mol. The molecule has 0 radical (unpaired) electrons. The van der Waals surface area contributed by atoms with E-state index >= 15 is 0 Å². The molecule has 0 bridgehead atoms. The standard InChI is InChI=1S/C16H14O5/c1-9-7-11(3-5-13(9)15(17)18)21-12-4-6-14(16(19)20)10(2)8-12/h3-8H,1-2H3,(H,17,18)(H,19,20)/p-2. The van der Waals surface area contributed by atoms with E-state index in [9.17, 15) is 19.8 Å². The van der Waals surface area contributed by atoms with Gasteiger partial charge in [0.15, 0.2) is 0 Å². The van der Waals surface area contributed by atoms with Crippen molar-refractivity contribution in [2.45, 2.75) is 13.8 Å². The van der Waals surface area contributed by atoms with Gasteiger partial charge in [0.05, 0.1) is 11.9 Å². The van der Waals surface area contributed by atoms with Crippen LogP contribution in [0.3, 0.4) is 0 Å². The van der Waals surface area contributed by atoms with Gasteiger partial charge in [-0.05, 0) is 61.4 Å². The fraction of sp³-hybridized carbons (Fsp3) is 0.125. The van der Waals surface area contributed by atoms with Gasteiger partial charge in [0.1, 0.15) is 11.5 Å². The van der Waals surface area contributed by atoms with E-state index in [-0.39, 0.29) is 11.1 Å². The number of hydrogen-bond acceptors (Lipinski definition) is 5. The topological polar surface area (TPSA) is 89.5 Å². The number of hydrogen-bond donors (Lipinski definition) is 0. The summed E-state index contributed by atoms with van der Waals surface area (Å²) in [7, 11) is 0. The molecule has 0 amide bonds. The zero-order valence-corrected chi connectivity index (χ0v) is 11.5. The molecule has 0 fully saturated rings. The van der Waals surface area contributed by atoms with Gasteiger partial charge < -0.3 is 24.5 Å². The van der Waals surface area contributed by atoms with Crippen molar-refractivity contribution in [3.8, 4) is 11.5 Å². The third-order valence-electron chi connectivity index (χ3n) is 3.07. The van der Waals surface area contributed by atoms with Crippen LogP contribution in [0, 0.1) is 13.8 Å². The summed E-state index contributed by atoms with van der Waals surface area (Å²) in [5.74, 6) is -1.57. The SMILES string of the molecule is Cc1cc(Oc2ccc(C(=O)[O-])c(C)c2)ccc1C(=O)[O-]. The predicted octanol–water partition coefficient (Wildman–Crippen LogP) is 0.823. The van der Waals surface area contributed by atoms with Crippen LogP contribution in [-0.2, 0) is 0 Å². The highest BCUT2D eigenvalue weighted by Gasteiger charge is 2.05. The van der Waals surface area contributed by atoms with Crippen LogP contribution in [0.4, 0.5) is 0 Å². The van der Waals surface area contributed by atoms with Crippen molar-refractivity contribution in [2.24, 2.45) is 0 Å². The van der Waals surface area contributed by atoms with E-state index in [1.807, 2.05) is 0 Å². The van der Waals surface area contributed by atoms with Crippen LogP contribution < -0.4 is 14.9 Å². The highest BCUT2D eigenvalue weighted by atomic mass is 16.5. The van der Waals surface area contributed by atoms with E-state index in [1.54, 1.807) is 26.0 Å². The van der Waals surface area contributed by atoms with Crippen molar-refractivity contribution in [3.63, 3.8) is 0 Å². The summed E-state index contributed by atoms with van der Waals surface area (Å²) in [6.07, 6.45) is 0. The van der Waals surface area contributed by atoms with Crippen molar-refractivity contribution in [1.29, 1.82) is 0 Å². The summed E-state index contributed by atoms with van der Waals surface area (Å²) < 4.78 is 5.58. The summed E-state index contributed by atoms with van der Waals surface area (Å²) in [4.78, 5) is 21.6. The van der Waals surface area contributed by atoms with Gasteiger partial charge in [-0.2, -0.15) is 0 Å². The molecule has 5 heteroatoms. The van der Waals surface area contributed by atoms with Crippen molar-refractivity contribution in [2.75, 3.05) is 0 Å². The molecule has 0 aliphatic heterocycles. The molecule has 0 atom stereocenters. The molecule has 0 N–H and O–H groups in total. The number of carboxylic acid groups (broad SMARTS) is 2. The highest BCUT2D eigenvalue weighted by Crippen LogP contribution is 2.25. The van der Waals surface area contributed by atoms with Gasteiger partial charge in [-0.15, -0.1) is 0 Å². The maximum Gasteiger partial charge on any atom is 0.127 e. The molecular formula is C16H12O5-2. The van der Waals surface area contributed by atoms with E-state index in [0.29, 0.717) is 22.6 Å². The number of carbonyl (C=O) groups excluding carboxylic acids is 2. The molecule has 0 aliphatic rings. The molecule has 0 spiro atoms. The van der Waals surface area contributed by atoms with Crippen molar-refractivity contribution < 1.29 is 24.5 Å². The molecule has 0 aromatic heterocycles. The first-order chi connectivity index (χ1) is 9.88. The Bertz CT molecular complexity index is 657. The molecule has 0 unspecified atom stereocenters. The van der Waals surface area contributed by atoms with Gasteiger partial charge in [-0.1, -0.05) is 0 Å². The molecule has 108 valence electrons. The molecule has 5 nitrogen and oxygen atoms in total. The first-order valence-corrected chi connectivity index (χ1v) is 6.20. The van der Waals surface area contributed by atoms with Crippen LogP contribution in [0.15, 0.2) is 36.4 Å². The van der Waals surface area contributed by atoms with Crippen molar-refractivity contribution in [1.82, 2.24) is 0 Å². The van der Waals surface area contributed by atoms with Crippen LogP contribution in [0.25, 0.3) is 0 Å². The minimum absolute atomic E-state index is 0.103. The molecule has 0 heterocycles. The Hall–Kier alpha value is -2.82. The number of benzene rings is 2. The van der Waals surface area contributed by atoms with E-state index < -0.39 is 11.9 Å². The average molecular weight is 284 g/mol. The molecule has 0 saturated heterocycles. The minimum Gasteiger partial charge on any atom is -0.545 e. The molecular weight excluding hydrogens is 272 g/mol. The lowest BCUT2D eigenvalue weighted by atomic mass is 10.1. The summed E-state index contributed by atoms with van der Waals surface area (Å²) in [6.45, 7) is 3.28. The van der Waals surface area contributed by atoms with Crippen LogP contribution in [-0.4, -0.2) is 11.9 Å². The van der Waals surface area contributed by atoms with Crippen molar-refractivity contribution in [3.05, 3.63) is 58.7 Å². The zero-order valence-electron chi connectivity index (χ0n) is 11.5. The Labute approximate surface area is 121 Å². The van der Waals surface area contributed by atoms with Crippen LogP contribution >= 0.6 is 0 Å². The largest absolute Gasteiger partial charge is 0.545 e. The number of rotatable bonds is 4. The monoisotopic (exact) mass is 284 g/mol. The lowest BCUT2D eigenvalue weighted by Gasteiger charge is -2.12. The van der Waals surface area contributed by atoms with Gasteiger partial charge in [0.2, 0.25) is 0 Å². The molecule has 2 aromatic rings. The Kier molecular flexibility index (Phi) is 3.93. The van der Waals surface area contributed by atoms with Crippen LogP contribution in [0.5, 0.6) is 11.5 Å². The van der Waals surface area contributed by atoms with Crippen LogP contribution in [0.2, 0.25) is 0 Å². The normalized spacial score (nSPS) is 10.2. The first-order valence-electron chi connectivity index (χ1n) is 6.20. The second-order valence-electron chi connectivity index (χ2n) is 4.63. The maximum atomic E-state index is 10.8. The lowest BCUT2D eigenvalue weighted by Crippen LogP contribution is -2.23. The summed E-state index contributed by atoms with van der Waals surface area (Å²) in [6, 6.07) is 8.99. The van der Waals surface area contributed by atoms with Gasteiger partial charge in [-0.3, -0.25) is 0 Å². The number of carboxylic acids is 2. The highest BCUT2D eigenvalue weighted by molar-refractivity contribution is 5.88. The van der Waals surface area contributed by atoms with Gasteiger partial charge >= 0.3 is 0 Å². The lowest BCUT2D eigenvalue weighted by molar-refractivity contribution is -0.256. The van der Waals surface area contributed by atoms with Gasteiger partial charge in [0.25, 0.3) is 0 Å². The summed E-state index contributed by atoms with van der Waals surface area (Å²) >= 11 is 0. The first kappa shape index (κ1) is 14.6. The molecule has 21 heavy (non-hydrogen) atoms.